The largest absolute Gasteiger partial charge is 0.351 e. The number of benzene rings is 3. The number of carbonyl (C=O) groups excluding carboxylic acids is 1. The van der Waals surface area contributed by atoms with E-state index in [1.165, 1.54) is 23.9 Å². The van der Waals surface area contributed by atoms with Gasteiger partial charge in [-0.2, -0.15) is 0 Å². The average molecular weight is 403 g/mol. The van der Waals surface area contributed by atoms with E-state index in [1.54, 1.807) is 12.1 Å². The number of thioether (sulfide) groups is 1. The number of nitrogens with zero attached hydrogens (tertiary/aromatic N) is 2. The molecule has 4 nitrogen and oxygen atoms in total. The first kappa shape index (κ1) is 19.1. The molecule has 4 aromatic rings. The van der Waals surface area contributed by atoms with Gasteiger partial charge in [-0.1, -0.05) is 66.4 Å². The molecule has 1 N–H and O–H groups in total. The summed E-state index contributed by atoms with van der Waals surface area (Å²) in [6.45, 7) is 0.496. The molecule has 3 aromatic carbocycles. The number of rotatable bonds is 6. The molecule has 0 atom stereocenters. The molecule has 0 aliphatic heterocycles. The van der Waals surface area contributed by atoms with Crippen molar-refractivity contribution in [3.05, 3.63) is 90.2 Å². The molecule has 1 aromatic heterocycles. The van der Waals surface area contributed by atoms with Gasteiger partial charge in [0.25, 0.3) is 0 Å². The molecule has 0 saturated carbocycles. The van der Waals surface area contributed by atoms with E-state index in [2.05, 4.69) is 15.5 Å². The molecule has 29 heavy (non-hydrogen) atoms. The van der Waals surface area contributed by atoms with Crippen LogP contribution in [0.25, 0.3) is 22.0 Å². The van der Waals surface area contributed by atoms with Gasteiger partial charge < -0.3 is 5.32 Å². The Bertz CT molecular complexity index is 1130. The summed E-state index contributed by atoms with van der Waals surface area (Å²) in [5, 5.41) is 14.1. The first-order chi connectivity index (χ1) is 14.2. The summed E-state index contributed by atoms with van der Waals surface area (Å²) in [6, 6.07) is 23.8. The third kappa shape index (κ3) is 4.60. The summed E-state index contributed by atoms with van der Waals surface area (Å²) in [5.41, 5.74) is 2.55. The summed E-state index contributed by atoms with van der Waals surface area (Å²) in [6.07, 6.45) is 0. The van der Waals surface area contributed by atoms with E-state index >= 15 is 0 Å². The highest BCUT2D eigenvalue weighted by Crippen LogP contribution is 2.31. The average Bonchev–Trinajstić information content (AvgIpc) is 2.77. The van der Waals surface area contributed by atoms with Crippen LogP contribution in [0.15, 0.2) is 83.9 Å². The second-order valence-electron chi connectivity index (χ2n) is 6.46. The van der Waals surface area contributed by atoms with Gasteiger partial charge in [0.05, 0.1) is 5.75 Å². The van der Waals surface area contributed by atoms with Gasteiger partial charge in [0.15, 0.2) is 0 Å². The maximum absolute atomic E-state index is 13.3. The van der Waals surface area contributed by atoms with Crippen molar-refractivity contribution < 1.29 is 9.18 Å². The van der Waals surface area contributed by atoms with Crippen molar-refractivity contribution in [3.63, 3.8) is 0 Å². The number of fused-ring (bicyclic) bond motifs is 1. The van der Waals surface area contributed by atoms with Gasteiger partial charge in [0, 0.05) is 22.9 Å². The van der Waals surface area contributed by atoms with Gasteiger partial charge in [-0.15, -0.1) is 10.2 Å². The summed E-state index contributed by atoms with van der Waals surface area (Å²) in [5.74, 6) is -0.103. The fourth-order valence-corrected chi connectivity index (χ4v) is 3.79. The van der Waals surface area contributed by atoms with Crippen LogP contribution in [0.5, 0.6) is 0 Å². The Morgan fingerprint density at radius 2 is 1.55 bits per heavy atom. The van der Waals surface area contributed by atoms with E-state index in [0.29, 0.717) is 17.3 Å². The van der Waals surface area contributed by atoms with Gasteiger partial charge in [0.1, 0.15) is 16.5 Å². The van der Waals surface area contributed by atoms with E-state index in [1.807, 2.05) is 54.6 Å². The van der Waals surface area contributed by atoms with E-state index in [4.69, 9.17) is 0 Å². The quantitative estimate of drug-likeness (QED) is 0.468. The zero-order chi connectivity index (χ0) is 20.1. The first-order valence-electron chi connectivity index (χ1n) is 9.15. The minimum absolute atomic E-state index is 0.0626. The Hall–Kier alpha value is -3.25. The number of aromatic nitrogens is 2. The van der Waals surface area contributed by atoms with Crippen molar-refractivity contribution in [1.82, 2.24) is 15.5 Å². The SMILES string of the molecule is O=C(CSc1nnc(-c2ccc(F)cc2)c2ccccc12)NCc1ccccc1. The predicted octanol–water partition coefficient (Wildman–Crippen LogP) is 4.84. The van der Waals surface area contributed by atoms with Gasteiger partial charge in [0.2, 0.25) is 5.91 Å². The molecule has 0 fully saturated rings. The van der Waals surface area contributed by atoms with Crippen molar-refractivity contribution in [2.45, 2.75) is 11.6 Å². The van der Waals surface area contributed by atoms with Crippen LogP contribution in [-0.2, 0) is 11.3 Å². The molecule has 6 heteroatoms. The highest BCUT2D eigenvalue weighted by Gasteiger charge is 2.13. The molecule has 0 aliphatic carbocycles. The highest BCUT2D eigenvalue weighted by atomic mass is 32.2. The fourth-order valence-electron chi connectivity index (χ4n) is 2.99. The lowest BCUT2D eigenvalue weighted by Gasteiger charge is -2.09. The monoisotopic (exact) mass is 403 g/mol. The number of nitrogens with one attached hydrogen (secondary N) is 1. The zero-order valence-corrected chi connectivity index (χ0v) is 16.3. The Morgan fingerprint density at radius 3 is 2.31 bits per heavy atom. The lowest BCUT2D eigenvalue weighted by Crippen LogP contribution is -2.24. The van der Waals surface area contributed by atoms with Crippen LogP contribution < -0.4 is 5.32 Å². The van der Waals surface area contributed by atoms with E-state index in [0.717, 1.165) is 21.9 Å². The van der Waals surface area contributed by atoms with Crippen molar-refractivity contribution in [1.29, 1.82) is 0 Å². The predicted molar refractivity (Wildman–Crippen MR) is 114 cm³/mol. The first-order valence-corrected chi connectivity index (χ1v) is 10.1. The maximum Gasteiger partial charge on any atom is 0.230 e. The Balaban J connectivity index is 1.50. The maximum atomic E-state index is 13.3. The molecule has 4 rings (SSSR count). The molecule has 0 radical (unpaired) electrons. The molecule has 0 saturated heterocycles. The molecule has 1 heterocycles. The smallest absolute Gasteiger partial charge is 0.230 e. The normalized spacial score (nSPS) is 10.8. The van der Waals surface area contributed by atoms with Crippen LogP contribution in [0.1, 0.15) is 5.56 Å². The van der Waals surface area contributed by atoms with E-state index in [9.17, 15) is 9.18 Å². The van der Waals surface area contributed by atoms with Crippen LogP contribution >= 0.6 is 11.8 Å². The molecule has 1 amide bonds. The Kier molecular flexibility index (Phi) is 5.81. The highest BCUT2D eigenvalue weighted by molar-refractivity contribution is 8.00. The molecular weight excluding hydrogens is 385 g/mol. The van der Waals surface area contributed by atoms with Crippen molar-refractivity contribution in [3.8, 4) is 11.3 Å². The number of carbonyl (C=O) groups is 1. The van der Waals surface area contributed by atoms with Crippen LogP contribution in [0.2, 0.25) is 0 Å². The van der Waals surface area contributed by atoms with Gasteiger partial charge >= 0.3 is 0 Å². The number of hydrogen-bond acceptors (Lipinski definition) is 4. The Morgan fingerprint density at radius 1 is 0.862 bits per heavy atom. The molecular formula is C23H18FN3OS. The second-order valence-corrected chi connectivity index (χ2v) is 7.42. The van der Waals surface area contributed by atoms with Crippen molar-refractivity contribution >= 4 is 28.4 Å². The van der Waals surface area contributed by atoms with E-state index in [-0.39, 0.29) is 17.5 Å². The fraction of sp³-hybridized carbons (Fsp3) is 0.0870. The molecule has 0 bridgehead atoms. The van der Waals surface area contributed by atoms with Gasteiger partial charge in [-0.25, -0.2) is 4.39 Å². The lowest BCUT2D eigenvalue weighted by atomic mass is 10.1. The summed E-state index contributed by atoms with van der Waals surface area (Å²) in [4.78, 5) is 12.2. The van der Waals surface area contributed by atoms with Crippen molar-refractivity contribution in [2.24, 2.45) is 0 Å². The summed E-state index contributed by atoms with van der Waals surface area (Å²) in [7, 11) is 0. The third-order valence-electron chi connectivity index (χ3n) is 4.44. The van der Waals surface area contributed by atoms with Gasteiger partial charge in [-0.05, 0) is 29.8 Å². The molecule has 0 unspecified atom stereocenters. The van der Waals surface area contributed by atoms with Crippen LogP contribution in [-0.4, -0.2) is 21.9 Å². The standard InChI is InChI=1S/C23H18FN3OS/c24-18-12-10-17(11-13-18)22-19-8-4-5-9-20(19)23(27-26-22)29-15-21(28)25-14-16-6-2-1-3-7-16/h1-13H,14-15H2,(H,25,28). The lowest BCUT2D eigenvalue weighted by molar-refractivity contribution is -0.118. The number of halogens is 1. The zero-order valence-electron chi connectivity index (χ0n) is 15.5. The molecule has 144 valence electrons. The Labute approximate surface area is 172 Å². The van der Waals surface area contributed by atoms with Crippen molar-refractivity contribution in [2.75, 3.05) is 5.75 Å². The van der Waals surface area contributed by atoms with Crippen LogP contribution in [0.4, 0.5) is 4.39 Å². The summed E-state index contributed by atoms with van der Waals surface area (Å²) >= 11 is 1.35. The molecule has 0 spiro atoms. The van der Waals surface area contributed by atoms with Crippen LogP contribution in [0.3, 0.4) is 0 Å². The van der Waals surface area contributed by atoms with Gasteiger partial charge in [-0.3, -0.25) is 4.79 Å². The van der Waals surface area contributed by atoms with E-state index < -0.39 is 0 Å². The topological polar surface area (TPSA) is 54.9 Å². The number of hydrogen-bond donors (Lipinski definition) is 1. The molecule has 0 aliphatic rings. The third-order valence-corrected chi connectivity index (χ3v) is 5.43. The summed E-state index contributed by atoms with van der Waals surface area (Å²) < 4.78 is 13.3. The van der Waals surface area contributed by atoms with Crippen LogP contribution in [0, 0.1) is 5.82 Å². The second kappa shape index (κ2) is 8.84. The minimum atomic E-state index is -0.292. The number of amides is 1. The minimum Gasteiger partial charge on any atom is -0.351 e.